The molecule has 0 spiro atoms. The second-order valence-electron chi connectivity index (χ2n) is 0.253. The summed E-state index contributed by atoms with van der Waals surface area (Å²) >= 11 is 0. The predicted octanol–water partition coefficient (Wildman–Crippen LogP) is -2.54. The summed E-state index contributed by atoms with van der Waals surface area (Å²) in [6.45, 7) is 0. The van der Waals surface area contributed by atoms with Crippen LogP contribution in [0.2, 0.25) is 0 Å². The van der Waals surface area contributed by atoms with Gasteiger partial charge in [0.05, 0.1) is 0 Å². The van der Waals surface area contributed by atoms with Crippen molar-refractivity contribution in [2.45, 2.75) is 0 Å². The largest absolute Gasteiger partial charge is 1.00 e. The molecule has 0 radical (unpaired) electrons. The quantitative estimate of drug-likeness (QED) is 0.283. The Hall–Kier alpha value is 0.996. The van der Waals surface area contributed by atoms with Crippen LogP contribution in [0.3, 0.4) is 0 Å². The molecular weight excluding hydrogens is 118 g/mol. The molecule has 2 N–H and O–H groups in total. The Bertz CT molecular complexity index is 33.8. The molecule has 0 saturated carbocycles. The zero-order valence-corrected chi connectivity index (χ0v) is 6.30. The fraction of sp³-hybridized carbons (Fsp3) is 0. The minimum Gasteiger partial charge on any atom is -0.870 e. The van der Waals surface area contributed by atoms with E-state index in [4.69, 9.17) is 9.90 Å². The first-order valence-electron chi connectivity index (χ1n) is 0.617. The number of hydrogen-bond donors (Lipinski definition) is 1. The SMILES string of the molecule is O=C(O)F.[K+].[OH-]. The average molecular weight is 120 g/mol. The predicted molar refractivity (Wildman–Crippen MR) is 11.1 cm³/mol. The summed E-state index contributed by atoms with van der Waals surface area (Å²) in [6, 6.07) is 0. The maximum Gasteiger partial charge on any atom is 1.00 e. The zero-order valence-electron chi connectivity index (χ0n) is 3.18. The third-order valence-electron chi connectivity index (χ3n) is 0. The Kier molecular flexibility index (Phi) is 24.6. The first kappa shape index (κ1) is 15.8. The number of carboxylic acid groups (broad SMARTS) is 1. The van der Waals surface area contributed by atoms with Gasteiger partial charge in [0.15, 0.2) is 0 Å². The molecule has 3 nitrogen and oxygen atoms in total. The van der Waals surface area contributed by atoms with Gasteiger partial charge in [0.25, 0.3) is 0 Å². The van der Waals surface area contributed by atoms with Gasteiger partial charge >= 0.3 is 57.6 Å². The van der Waals surface area contributed by atoms with Crippen LogP contribution in [0.4, 0.5) is 9.18 Å². The Balaban J connectivity index is -0.0000000450. The Morgan fingerprint density at radius 1 is 1.67 bits per heavy atom. The molecule has 0 bridgehead atoms. The van der Waals surface area contributed by atoms with Gasteiger partial charge in [-0.1, -0.05) is 0 Å². The molecule has 0 aliphatic rings. The number of halogens is 1. The number of hydrogen-bond acceptors (Lipinski definition) is 2. The minimum atomic E-state index is -2.33. The van der Waals surface area contributed by atoms with Gasteiger partial charge in [-0.3, -0.25) is 0 Å². The summed E-state index contributed by atoms with van der Waals surface area (Å²) in [5.41, 5.74) is 0. The maximum atomic E-state index is 9.92. The van der Waals surface area contributed by atoms with Crippen molar-refractivity contribution >= 4 is 6.22 Å². The van der Waals surface area contributed by atoms with Gasteiger partial charge in [-0.15, -0.1) is 4.39 Å². The monoisotopic (exact) mass is 120 g/mol. The van der Waals surface area contributed by atoms with Crippen molar-refractivity contribution in [1.82, 2.24) is 0 Å². The van der Waals surface area contributed by atoms with E-state index in [0.717, 1.165) is 0 Å². The number of carbonyl (C=O) groups is 1. The van der Waals surface area contributed by atoms with Crippen LogP contribution in [0.15, 0.2) is 0 Å². The van der Waals surface area contributed by atoms with Gasteiger partial charge in [-0.05, 0) is 0 Å². The van der Waals surface area contributed by atoms with E-state index in [1.54, 1.807) is 0 Å². The topological polar surface area (TPSA) is 67.3 Å². The summed E-state index contributed by atoms with van der Waals surface area (Å²) in [7, 11) is 0. The molecule has 0 unspecified atom stereocenters. The van der Waals surface area contributed by atoms with Gasteiger partial charge in [0, 0.05) is 0 Å². The molecule has 0 amide bonds. The van der Waals surface area contributed by atoms with Crippen LogP contribution < -0.4 is 51.4 Å². The van der Waals surface area contributed by atoms with E-state index in [1.165, 1.54) is 0 Å². The van der Waals surface area contributed by atoms with Gasteiger partial charge in [-0.25, -0.2) is 4.79 Å². The van der Waals surface area contributed by atoms with E-state index in [2.05, 4.69) is 0 Å². The van der Waals surface area contributed by atoms with E-state index in [-0.39, 0.29) is 56.9 Å². The summed E-state index contributed by atoms with van der Waals surface area (Å²) in [6.07, 6.45) is -2.33. The molecule has 0 heterocycles. The molecule has 0 aliphatic heterocycles. The van der Waals surface area contributed by atoms with Crippen molar-refractivity contribution < 1.29 is 71.2 Å². The summed E-state index contributed by atoms with van der Waals surface area (Å²) in [5.74, 6) is 0. The molecule has 0 fully saturated rings. The Morgan fingerprint density at radius 2 is 1.67 bits per heavy atom. The zero-order chi connectivity index (χ0) is 3.58. The van der Waals surface area contributed by atoms with Gasteiger partial charge in [-0.2, -0.15) is 0 Å². The van der Waals surface area contributed by atoms with Crippen LogP contribution in [0.1, 0.15) is 0 Å². The van der Waals surface area contributed by atoms with Crippen molar-refractivity contribution in [3.63, 3.8) is 0 Å². The third kappa shape index (κ3) is 80.4. The van der Waals surface area contributed by atoms with E-state index in [9.17, 15) is 4.39 Å². The van der Waals surface area contributed by atoms with E-state index in [1.807, 2.05) is 0 Å². The molecule has 0 aromatic heterocycles. The first-order valence-corrected chi connectivity index (χ1v) is 0.617. The summed E-state index contributed by atoms with van der Waals surface area (Å²) in [4.78, 5) is 8.33. The number of rotatable bonds is 0. The van der Waals surface area contributed by atoms with Crippen LogP contribution in [0.25, 0.3) is 0 Å². The average Bonchev–Trinajstić information content (AvgIpc) is 0.811. The van der Waals surface area contributed by atoms with Crippen molar-refractivity contribution in [2.24, 2.45) is 0 Å². The van der Waals surface area contributed by atoms with Crippen molar-refractivity contribution in [3.05, 3.63) is 0 Å². The molecule has 0 aromatic carbocycles. The molecule has 6 heavy (non-hydrogen) atoms. The fourth-order valence-corrected chi connectivity index (χ4v) is 0. The standard InChI is InChI=1S/CHFO2.K.H2O/c2-1(3)4;;/h(H,3,4);;1H2/q;+1;/p-1. The maximum absolute atomic E-state index is 9.92. The minimum absolute atomic E-state index is 0. The van der Waals surface area contributed by atoms with Crippen LogP contribution in [0.5, 0.6) is 0 Å². The van der Waals surface area contributed by atoms with E-state index in [0.29, 0.717) is 0 Å². The normalized spacial score (nSPS) is 4.17. The second kappa shape index (κ2) is 9.37. The van der Waals surface area contributed by atoms with Gasteiger partial charge in [0.1, 0.15) is 0 Å². The first-order chi connectivity index (χ1) is 1.73. The summed E-state index contributed by atoms with van der Waals surface area (Å²) < 4.78 is 9.92. The Morgan fingerprint density at radius 3 is 1.67 bits per heavy atom. The fourth-order valence-electron chi connectivity index (χ4n) is 0. The van der Waals surface area contributed by atoms with Crippen LogP contribution in [-0.2, 0) is 0 Å². The van der Waals surface area contributed by atoms with Crippen LogP contribution in [-0.4, -0.2) is 16.8 Å². The molecule has 32 valence electrons. The van der Waals surface area contributed by atoms with Gasteiger partial charge in [0.2, 0.25) is 0 Å². The third-order valence-corrected chi connectivity index (χ3v) is 0. The molecular formula is CH2FKO3. The molecule has 0 aromatic rings. The van der Waals surface area contributed by atoms with Crippen LogP contribution >= 0.6 is 0 Å². The van der Waals surface area contributed by atoms with E-state index >= 15 is 0 Å². The molecule has 0 aliphatic carbocycles. The van der Waals surface area contributed by atoms with Crippen molar-refractivity contribution in [3.8, 4) is 0 Å². The second-order valence-corrected chi connectivity index (χ2v) is 0.253. The van der Waals surface area contributed by atoms with Crippen molar-refractivity contribution in [1.29, 1.82) is 0 Å². The Labute approximate surface area is 76.3 Å². The van der Waals surface area contributed by atoms with Crippen molar-refractivity contribution in [2.75, 3.05) is 0 Å². The summed E-state index contributed by atoms with van der Waals surface area (Å²) in [5, 5.41) is 6.75. The van der Waals surface area contributed by atoms with E-state index < -0.39 is 6.22 Å². The molecule has 0 atom stereocenters. The molecule has 0 rings (SSSR count). The van der Waals surface area contributed by atoms with Gasteiger partial charge < -0.3 is 10.6 Å². The smallest absolute Gasteiger partial charge is 0.870 e. The molecule has 0 saturated heterocycles. The molecule has 5 heteroatoms. The van der Waals surface area contributed by atoms with Crippen LogP contribution in [0, 0.1) is 0 Å².